The normalized spacial score (nSPS) is 19.4. The maximum atomic E-state index is 12.5. The first-order valence-electron chi connectivity index (χ1n) is 7.23. The van der Waals surface area contributed by atoms with Gasteiger partial charge in [0.05, 0.1) is 11.7 Å². The molecule has 0 aromatic carbocycles. The zero-order valence-electron chi connectivity index (χ0n) is 12.6. The number of piperidine rings is 1. The summed E-state index contributed by atoms with van der Waals surface area (Å²) in [6.45, 7) is 8.39. The van der Waals surface area contributed by atoms with Gasteiger partial charge >= 0.3 is 0 Å². The summed E-state index contributed by atoms with van der Waals surface area (Å²) in [5.41, 5.74) is 2.20. The van der Waals surface area contributed by atoms with E-state index in [1.807, 2.05) is 0 Å². The van der Waals surface area contributed by atoms with Gasteiger partial charge in [0.25, 0.3) is 0 Å². The molecule has 1 saturated heterocycles. The lowest BCUT2D eigenvalue weighted by Gasteiger charge is -2.34. The smallest absolute Gasteiger partial charge is 0.241 e. The van der Waals surface area contributed by atoms with Crippen LogP contribution in [0.2, 0.25) is 0 Å². The zero-order chi connectivity index (χ0) is 13.8. The van der Waals surface area contributed by atoms with E-state index in [2.05, 4.69) is 36.4 Å². The Hall–Kier alpha value is -0.580. The number of thiophene rings is 1. The van der Waals surface area contributed by atoms with Crippen LogP contribution < -0.4 is 5.32 Å². The van der Waals surface area contributed by atoms with Gasteiger partial charge in [-0.15, -0.1) is 23.7 Å². The molecule has 2 rings (SSSR count). The lowest BCUT2D eigenvalue weighted by molar-refractivity contribution is -0.122. The van der Waals surface area contributed by atoms with Crippen molar-refractivity contribution in [3.8, 4) is 0 Å². The monoisotopic (exact) mass is 316 g/mol. The number of carbonyl (C=O) groups is 1. The molecule has 1 atom stereocenters. The molecule has 1 unspecified atom stereocenters. The van der Waals surface area contributed by atoms with Crippen molar-refractivity contribution in [1.29, 1.82) is 0 Å². The van der Waals surface area contributed by atoms with Crippen molar-refractivity contribution in [3.63, 3.8) is 0 Å². The average molecular weight is 317 g/mol. The second-order valence-electron chi connectivity index (χ2n) is 5.39. The quantitative estimate of drug-likeness (QED) is 0.911. The van der Waals surface area contributed by atoms with Crippen LogP contribution in [-0.2, 0) is 4.79 Å². The van der Waals surface area contributed by atoms with E-state index in [1.54, 1.807) is 11.3 Å². The minimum atomic E-state index is 0. The Morgan fingerprint density at radius 3 is 2.80 bits per heavy atom. The number of hydrogen-bond donors (Lipinski definition) is 1. The van der Waals surface area contributed by atoms with E-state index in [0.717, 1.165) is 31.6 Å². The average Bonchev–Trinajstić information content (AvgIpc) is 2.71. The molecule has 0 aliphatic carbocycles. The minimum absolute atomic E-state index is 0. The van der Waals surface area contributed by atoms with E-state index in [0.29, 0.717) is 0 Å². The maximum Gasteiger partial charge on any atom is 0.241 e. The molecule has 1 aliphatic heterocycles. The van der Waals surface area contributed by atoms with Crippen LogP contribution in [0.25, 0.3) is 0 Å². The van der Waals surface area contributed by atoms with E-state index in [4.69, 9.17) is 0 Å². The van der Waals surface area contributed by atoms with Gasteiger partial charge in [-0.25, -0.2) is 0 Å². The second kappa shape index (κ2) is 8.01. The van der Waals surface area contributed by atoms with Crippen molar-refractivity contribution in [2.45, 2.75) is 52.5 Å². The van der Waals surface area contributed by atoms with Gasteiger partial charge in [0.1, 0.15) is 0 Å². The van der Waals surface area contributed by atoms with E-state index in [9.17, 15) is 4.79 Å². The van der Waals surface area contributed by atoms with Gasteiger partial charge in [-0.05, 0) is 57.1 Å². The Balaban J connectivity index is 0.00000200. The van der Waals surface area contributed by atoms with Gasteiger partial charge in [0.15, 0.2) is 0 Å². The SMILES string of the molecule is CCCN1CCCCC1C(=O)Nc1c(C)csc1C.Cl. The Morgan fingerprint density at radius 1 is 1.45 bits per heavy atom. The number of carbonyl (C=O) groups excluding carboxylic acids is 1. The van der Waals surface area contributed by atoms with E-state index >= 15 is 0 Å². The summed E-state index contributed by atoms with van der Waals surface area (Å²) in [6.07, 6.45) is 4.49. The van der Waals surface area contributed by atoms with Crippen LogP contribution in [0.5, 0.6) is 0 Å². The molecule has 5 heteroatoms. The van der Waals surface area contributed by atoms with Gasteiger partial charge in [-0.3, -0.25) is 9.69 Å². The predicted molar refractivity (Wildman–Crippen MR) is 89.2 cm³/mol. The molecule has 0 bridgehead atoms. The summed E-state index contributed by atoms with van der Waals surface area (Å²) in [5.74, 6) is 0.178. The molecule has 1 aliphatic rings. The summed E-state index contributed by atoms with van der Waals surface area (Å²) >= 11 is 1.70. The first kappa shape index (κ1) is 17.5. The first-order valence-corrected chi connectivity index (χ1v) is 8.11. The Bertz CT molecular complexity index is 426. The molecule has 1 aromatic heterocycles. The van der Waals surface area contributed by atoms with Gasteiger partial charge < -0.3 is 5.32 Å². The van der Waals surface area contributed by atoms with Crippen LogP contribution in [0.4, 0.5) is 5.69 Å². The summed E-state index contributed by atoms with van der Waals surface area (Å²) in [7, 11) is 0. The highest BCUT2D eigenvalue weighted by Crippen LogP contribution is 2.27. The molecule has 2 heterocycles. The van der Waals surface area contributed by atoms with Crippen molar-refractivity contribution in [2.75, 3.05) is 18.4 Å². The Kier molecular flexibility index (Phi) is 7.00. The van der Waals surface area contributed by atoms with Gasteiger partial charge in [-0.2, -0.15) is 0 Å². The zero-order valence-corrected chi connectivity index (χ0v) is 14.2. The number of nitrogens with zero attached hydrogens (tertiary/aromatic N) is 1. The summed E-state index contributed by atoms with van der Waals surface area (Å²) < 4.78 is 0. The van der Waals surface area contributed by atoms with E-state index < -0.39 is 0 Å². The number of nitrogens with one attached hydrogen (secondary N) is 1. The molecular formula is C15H25ClN2OS. The molecule has 20 heavy (non-hydrogen) atoms. The molecule has 1 aromatic rings. The molecule has 1 fully saturated rings. The standard InChI is InChI=1S/C15H24N2OS.ClH/c1-4-8-17-9-6-5-7-13(17)15(18)16-14-11(2)10-19-12(14)3;/h10,13H,4-9H2,1-3H3,(H,16,18);1H. The minimum Gasteiger partial charge on any atom is -0.323 e. The van der Waals surface area contributed by atoms with Crippen LogP contribution in [0.1, 0.15) is 43.0 Å². The van der Waals surface area contributed by atoms with Crippen molar-refractivity contribution < 1.29 is 4.79 Å². The fourth-order valence-electron chi connectivity index (χ4n) is 2.81. The topological polar surface area (TPSA) is 32.3 Å². The lowest BCUT2D eigenvalue weighted by Crippen LogP contribution is -2.47. The summed E-state index contributed by atoms with van der Waals surface area (Å²) in [4.78, 5) is 16.0. The number of aryl methyl sites for hydroxylation is 2. The van der Waals surface area contributed by atoms with E-state index in [1.165, 1.54) is 23.3 Å². The van der Waals surface area contributed by atoms with Crippen molar-refractivity contribution in [1.82, 2.24) is 4.90 Å². The summed E-state index contributed by atoms with van der Waals surface area (Å²) in [6, 6.07) is 0.0624. The van der Waals surface area contributed by atoms with Crippen LogP contribution >= 0.6 is 23.7 Å². The Labute approximate surface area is 132 Å². The molecule has 0 saturated carbocycles. The number of hydrogen-bond acceptors (Lipinski definition) is 3. The van der Waals surface area contributed by atoms with Crippen molar-refractivity contribution in [2.24, 2.45) is 0 Å². The number of halogens is 1. The molecule has 0 radical (unpaired) electrons. The number of rotatable bonds is 4. The van der Waals surface area contributed by atoms with Gasteiger partial charge in [-0.1, -0.05) is 13.3 Å². The van der Waals surface area contributed by atoms with E-state index in [-0.39, 0.29) is 24.4 Å². The number of likely N-dealkylation sites (tertiary alicyclic amines) is 1. The molecule has 1 N–H and O–H groups in total. The van der Waals surface area contributed by atoms with Crippen LogP contribution in [0.3, 0.4) is 0 Å². The third-order valence-corrected chi connectivity index (χ3v) is 4.86. The highest BCUT2D eigenvalue weighted by Gasteiger charge is 2.28. The molecule has 3 nitrogen and oxygen atoms in total. The molecule has 0 spiro atoms. The maximum absolute atomic E-state index is 12.5. The summed E-state index contributed by atoms with van der Waals surface area (Å²) in [5, 5.41) is 5.25. The second-order valence-corrected chi connectivity index (χ2v) is 6.47. The first-order chi connectivity index (χ1) is 9.13. The highest BCUT2D eigenvalue weighted by atomic mass is 35.5. The van der Waals surface area contributed by atoms with Crippen LogP contribution in [0, 0.1) is 13.8 Å². The van der Waals surface area contributed by atoms with Crippen LogP contribution in [0.15, 0.2) is 5.38 Å². The fourth-order valence-corrected chi connectivity index (χ4v) is 3.61. The Morgan fingerprint density at radius 2 is 2.20 bits per heavy atom. The van der Waals surface area contributed by atoms with Gasteiger partial charge in [0, 0.05) is 4.88 Å². The number of anilines is 1. The lowest BCUT2D eigenvalue weighted by atomic mass is 10.0. The predicted octanol–water partition coefficient (Wildman–Crippen LogP) is 3.99. The van der Waals surface area contributed by atoms with Gasteiger partial charge in [0.2, 0.25) is 5.91 Å². The third-order valence-electron chi connectivity index (χ3n) is 3.83. The fraction of sp³-hybridized carbons (Fsp3) is 0.667. The van der Waals surface area contributed by atoms with Crippen LogP contribution in [-0.4, -0.2) is 29.9 Å². The largest absolute Gasteiger partial charge is 0.323 e. The number of amides is 1. The molecule has 1 amide bonds. The molecular weight excluding hydrogens is 292 g/mol. The highest BCUT2D eigenvalue weighted by molar-refractivity contribution is 7.10. The molecule has 114 valence electrons. The third kappa shape index (κ3) is 3.96. The van der Waals surface area contributed by atoms with Crippen molar-refractivity contribution in [3.05, 3.63) is 15.8 Å². The van der Waals surface area contributed by atoms with Crippen molar-refractivity contribution >= 4 is 35.3 Å².